The van der Waals surface area contributed by atoms with Crippen molar-refractivity contribution in [3.05, 3.63) is 0 Å². The Morgan fingerprint density at radius 1 is 1.16 bits per heavy atom. The molecule has 0 aromatic carbocycles. The van der Waals surface area contributed by atoms with Crippen LogP contribution < -0.4 is 37.6 Å². The highest BCUT2D eigenvalue weighted by Gasteiger charge is 2.43. The maximum Gasteiger partial charge on any atom is 0.224 e. The lowest BCUT2D eigenvalue weighted by Gasteiger charge is -2.49. The van der Waals surface area contributed by atoms with Crippen molar-refractivity contribution < 1.29 is 13.9 Å². The van der Waals surface area contributed by atoms with Gasteiger partial charge in [-0.15, -0.1) is 0 Å². The summed E-state index contributed by atoms with van der Waals surface area (Å²) in [5, 5.41) is 20.8. The molecule has 3 saturated heterocycles. The van der Waals surface area contributed by atoms with Crippen molar-refractivity contribution in [1.29, 1.82) is 0 Å². The second-order valence-corrected chi connectivity index (χ2v) is 9.71. The van der Waals surface area contributed by atoms with Crippen molar-refractivity contribution in [2.45, 2.75) is 69.2 Å². The van der Waals surface area contributed by atoms with Gasteiger partial charge in [0, 0.05) is 64.4 Å². The number of hydrogen-bond donors (Lipinski definition) is 7. The summed E-state index contributed by atoms with van der Waals surface area (Å²) in [5.74, 6) is -0.461. The summed E-state index contributed by atoms with van der Waals surface area (Å²) in [6.07, 6.45) is 1.87. The molecule has 8 N–H and O–H groups in total. The average Bonchev–Trinajstić information content (AvgIpc) is 2.79. The number of nitrogens with one attached hydrogen (secondary N) is 6. The molecule has 0 aromatic rings. The van der Waals surface area contributed by atoms with Gasteiger partial charge in [-0.25, -0.2) is 4.39 Å². The van der Waals surface area contributed by atoms with Gasteiger partial charge in [-0.1, -0.05) is 6.42 Å². The predicted octanol–water partition coefficient (Wildman–Crippen LogP) is -2.19. The van der Waals surface area contributed by atoms with Crippen LogP contribution in [0.2, 0.25) is 0 Å². The zero-order valence-corrected chi connectivity index (χ0v) is 19.3. The van der Waals surface area contributed by atoms with Gasteiger partial charge in [-0.05, 0) is 19.8 Å². The minimum atomic E-state index is -0.857. The predicted molar refractivity (Wildman–Crippen MR) is 120 cm³/mol. The number of hydrogen-bond acceptors (Lipinski definition) is 9. The third-order valence-corrected chi connectivity index (χ3v) is 7.60. The van der Waals surface area contributed by atoms with Gasteiger partial charge in [-0.3, -0.25) is 36.3 Å². The molecule has 0 radical (unpaired) electrons. The Kier molecular flexibility index (Phi) is 8.33. The van der Waals surface area contributed by atoms with E-state index in [9.17, 15) is 9.18 Å². The van der Waals surface area contributed by atoms with Crippen LogP contribution >= 0.6 is 0 Å². The smallest absolute Gasteiger partial charge is 0.224 e. The minimum Gasteiger partial charge on any atom is -0.379 e. The van der Waals surface area contributed by atoms with Crippen LogP contribution in [-0.4, -0.2) is 100 Å². The van der Waals surface area contributed by atoms with Crippen molar-refractivity contribution in [2.24, 2.45) is 17.6 Å². The van der Waals surface area contributed by atoms with E-state index in [1.54, 1.807) is 7.11 Å². The van der Waals surface area contributed by atoms with Crippen molar-refractivity contribution in [3.8, 4) is 0 Å². The molecule has 4 rings (SSSR count). The number of alkyl halides is 1. The molecule has 4 aliphatic rings. The zero-order chi connectivity index (χ0) is 22.7. The molecule has 4 fully saturated rings. The van der Waals surface area contributed by atoms with E-state index in [4.69, 9.17) is 10.5 Å². The molecule has 10 nitrogen and oxygen atoms in total. The fourth-order valence-electron chi connectivity index (χ4n) is 5.85. The number of carbonyl (C=O) groups is 1. The zero-order valence-electron chi connectivity index (χ0n) is 19.3. The SMILES string of the molecule is COC1C(NC2NC(N3CCNCC3C)NCC2C(N)=O)CCCC1C1NCC(F)CN1. The van der Waals surface area contributed by atoms with E-state index < -0.39 is 6.17 Å². The number of carbonyl (C=O) groups excluding carboxylic acids is 1. The van der Waals surface area contributed by atoms with Crippen LogP contribution in [0, 0.1) is 11.8 Å². The number of nitrogens with two attached hydrogens (primary N) is 1. The number of methoxy groups -OCH3 is 1. The largest absolute Gasteiger partial charge is 0.379 e. The molecule has 0 bridgehead atoms. The van der Waals surface area contributed by atoms with Crippen molar-refractivity contribution in [3.63, 3.8) is 0 Å². The van der Waals surface area contributed by atoms with E-state index >= 15 is 0 Å². The quantitative estimate of drug-likeness (QED) is 0.239. The van der Waals surface area contributed by atoms with E-state index in [2.05, 4.69) is 43.7 Å². The highest BCUT2D eigenvalue weighted by molar-refractivity contribution is 5.77. The standard InChI is InChI=1S/C21H41FN8O2/c1-12-8-24-6-7-30(12)21-27-11-15(18(23)31)20(29-21)28-16-5-3-4-14(17(16)32-2)19-25-9-13(22)10-26-19/h12-17,19-21,24-29H,3-11H2,1-2H3,(H2,23,31). The summed E-state index contributed by atoms with van der Waals surface area (Å²) in [6.45, 7) is 6.28. The van der Waals surface area contributed by atoms with Crippen LogP contribution in [0.4, 0.5) is 4.39 Å². The lowest BCUT2D eigenvalue weighted by molar-refractivity contribution is -0.125. The number of ether oxygens (including phenoxy) is 1. The Morgan fingerprint density at radius 2 is 1.94 bits per heavy atom. The maximum absolute atomic E-state index is 13.6. The second-order valence-electron chi connectivity index (χ2n) is 9.71. The lowest BCUT2D eigenvalue weighted by atomic mass is 9.80. The number of nitrogens with zero attached hydrogens (tertiary/aromatic N) is 1. The molecule has 7 atom stereocenters. The van der Waals surface area contributed by atoms with E-state index in [1.807, 2.05) is 0 Å². The summed E-state index contributed by atoms with van der Waals surface area (Å²) in [7, 11) is 1.74. The van der Waals surface area contributed by atoms with Crippen LogP contribution in [-0.2, 0) is 9.53 Å². The first kappa shape index (κ1) is 24.2. The molecular formula is C21H41FN8O2. The first-order valence-corrected chi connectivity index (χ1v) is 12.1. The molecule has 1 aliphatic carbocycles. The van der Waals surface area contributed by atoms with Crippen molar-refractivity contribution in [2.75, 3.05) is 46.4 Å². The molecule has 7 unspecified atom stereocenters. The molecule has 184 valence electrons. The molecule has 0 spiro atoms. The highest BCUT2D eigenvalue weighted by atomic mass is 19.1. The summed E-state index contributed by atoms with van der Waals surface area (Å²) in [6, 6.07) is 0.456. The summed E-state index contributed by atoms with van der Waals surface area (Å²) in [5.41, 5.74) is 5.77. The van der Waals surface area contributed by atoms with Gasteiger partial charge in [0.15, 0.2) is 0 Å². The van der Waals surface area contributed by atoms with Crippen LogP contribution in [0.15, 0.2) is 0 Å². The minimum absolute atomic E-state index is 0.0243. The van der Waals surface area contributed by atoms with Gasteiger partial charge in [0.05, 0.1) is 24.4 Å². The molecule has 3 heterocycles. The fourth-order valence-corrected chi connectivity index (χ4v) is 5.85. The highest BCUT2D eigenvalue weighted by Crippen LogP contribution is 2.30. The average molecular weight is 457 g/mol. The molecular weight excluding hydrogens is 415 g/mol. The molecule has 0 aromatic heterocycles. The van der Waals surface area contributed by atoms with Gasteiger partial charge < -0.3 is 15.8 Å². The van der Waals surface area contributed by atoms with Crippen LogP contribution in [0.5, 0.6) is 0 Å². The Bertz CT molecular complexity index is 623. The molecule has 1 amide bonds. The topological polar surface area (TPSA) is 128 Å². The van der Waals surface area contributed by atoms with Gasteiger partial charge in [0.2, 0.25) is 5.91 Å². The fraction of sp³-hybridized carbons (Fsp3) is 0.952. The third-order valence-electron chi connectivity index (χ3n) is 7.60. The number of halogens is 1. The maximum atomic E-state index is 13.6. The first-order valence-electron chi connectivity index (χ1n) is 12.1. The summed E-state index contributed by atoms with van der Waals surface area (Å²) < 4.78 is 19.6. The normalized spacial score (nSPS) is 44.3. The van der Waals surface area contributed by atoms with Gasteiger partial charge in [-0.2, -0.15) is 0 Å². The number of amides is 1. The number of rotatable bonds is 6. The Balaban J connectivity index is 1.44. The van der Waals surface area contributed by atoms with Gasteiger partial charge in [0.25, 0.3) is 0 Å². The number of piperazine rings is 1. The molecule has 3 aliphatic heterocycles. The second kappa shape index (κ2) is 11.0. The number of primary amides is 1. The van der Waals surface area contributed by atoms with E-state index in [1.165, 1.54) is 0 Å². The van der Waals surface area contributed by atoms with Crippen molar-refractivity contribution in [1.82, 2.24) is 36.8 Å². The van der Waals surface area contributed by atoms with E-state index in [0.717, 1.165) is 38.9 Å². The summed E-state index contributed by atoms with van der Waals surface area (Å²) in [4.78, 5) is 14.6. The third kappa shape index (κ3) is 5.41. The van der Waals surface area contributed by atoms with Gasteiger partial charge >= 0.3 is 0 Å². The first-order chi connectivity index (χ1) is 15.5. The van der Waals surface area contributed by atoms with E-state index in [0.29, 0.717) is 25.7 Å². The van der Waals surface area contributed by atoms with Crippen LogP contribution in [0.1, 0.15) is 26.2 Å². The van der Waals surface area contributed by atoms with Gasteiger partial charge in [0.1, 0.15) is 12.5 Å². The Hall–Kier alpha value is -0.920. The molecule has 1 saturated carbocycles. The Labute approximate surface area is 190 Å². The van der Waals surface area contributed by atoms with Crippen molar-refractivity contribution >= 4 is 5.91 Å². The molecule has 32 heavy (non-hydrogen) atoms. The van der Waals surface area contributed by atoms with Crippen LogP contribution in [0.3, 0.4) is 0 Å². The monoisotopic (exact) mass is 456 g/mol. The van der Waals surface area contributed by atoms with Crippen LogP contribution in [0.25, 0.3) is 0 Å². The van der Waals surface area contributed by atoms with E-state index in [-0.39, 0.29) is 48.5 Å². The Morgan fingerprint density at radius 3 is 2.62 bits per heavy atom. The lowest BCUT2D eigenvalue weighted by Crippen LogP contribution is -2.74. The molecule has 11 heteroatoms. The summed E-state index contributed by atoms with van der Waals surface area (Å²) >= 11 is 0.